The molecule has 0 spiro atoms. The Labute approximate surface area is 141 Å². The molecule has 2 aromatic heterocycles. The molecule has 124 valence electrons. The van der Waals surface area contributed by atoms with Crippen LogP contribution in [0.4, 0.5) is 0 Å². The second-order valence-corrected chi connectivity index (χ2v) is 5.57. The Kier molecular flexibility index (Phi) is 4.79. The second-order valence-electron chi connectivity index (χ2n) is 5.57. The Morgan fingerprint density at radius 2 is 2.08 bits per heavy atom. The van der Waals surface area contributed by atoms with Gasteiger partial charge in [-0.25, -0.2) is 4.98 Å². The Balaban J connectivity index is 1.67. The van der Waals surface area contributed by atoms with Crippen LogP contribution in [-0.2, 0) is 13.5 Å². The molecule has 3 aromatic rings. The molecule has 1 N–H and O–H groups in total. The zero-order chi connectivity index (χ0) is 16.9. The summed E-state index contributed by atoms with van der Waals surface area (Å²) >= 11 is 0. The molecule has 5 nitrogen and oxygen atoms in total. The summed E-state index contributed by atoms with van der Waals surface area (Å²) in [7, 11) is 1.98. The van der Waals surface area contributed by atoms with E-state index < -0.39 is 0 Å². The van der Waals surface area contributed by atoms with Crippen molar-refractivity contribution in [3.8, 4) is 5.75 Å². The number of fused-ring (bicyclic) bond motifs is 1. The third kappa shape index (κ3) is 3.25. The van der Waals surface area contributed by atoms with Crippen LogP contribution in [0.1, 0.15) is 22.8 Å². The lowest BCUT2D eigenvalue weighted by Crippen LogP contribution is -2.26. The topological polar surface area (TPSA) is 56.1 Å². The standard InChI is InChI=1S/C19H21N3O2/c1-3-24-17-9-5-4-7-16(17)19(23)21-12-10-14-13-22(2)18-15(14)8-6-11-20-18/h4-9,11,13H,3,10,12H2,1-2H3,(H,21,23). The van der Waals surface area contributed by atoms with E-state index in [1.54, 1.807) is 12.3 Å². The monoisotopic (exact) mass is 323 g/mol. The molecule has 24 heavy (non-hydrogen) atoms. The SMILES string of the molecule is CCOc1ccccc1C(=O)NCCc1cn(C)c2ncccc12. The maximum absolute atomic E-state index is 12.4. The number of carbonyl (C=O) groups is 1. The summed E-state index contributed by atoms with van der Waals surface area (Å²) in [5, 5.41) is 4.10. The van der Waals surface area contributed by atoms with Gasteiger partial charge in [0.2, 0.25) is 0 Å². The molecule has 0 aliphatic rings. The predicted molar refractivity (Wildman–Crippen MR) is 94.4 cm³/mol. The lowest BCUT2D eigenvalue weighted by Gasteiger charge is -2.10. The molecule has 2 heterocycles. The highest BCUT2D eigenvalue weighted by Gasteiger charge is 2.12. The van der Waals surface area contributed by atoms with Crippen LogP contribution in [0.3, 0.4) is 0 Å². The second kappa shape index (κ2) is 7.17. The number of nitrogens with one attached hydrogen (secondary N) is 1. The summed E-state index contributed by atoms with van der Waals surface area (Å²) in [6, 6.07) is 11.3. The zero-order valence-electron chi connectivity index (χ0n) is 14.0. The smallest absolute Gasteiger partial charge is 0.255 e. The van der Waals surface area contributed by atoms with Gasteiger partial charge in [0.15, 0.2) is 0 Å². The number of aromatic nitrogens is 2. The average molecular weight is 323 g/mol. The molecule has 0 radical (unpaired) electrons. The number of pyridine rings is 1. The van der Waals surface area contributed by atoms with Gasteiger partial charge in [0, 0.05) is 31.4 Å². The minimum absolute atomic E-state index is 0.114. The third-order valence-corrected chi connectivity index (χ3v) is 3.93. The van der Waals surface area contributed by atoms with E-state index in [1.807, 2.05) is 42.8 Å². The first kappa shape index (κ1) is 16.1. The molecule has 0 unspecified atom stereocenters. The van der Waals surface area contributed by atoms with Crippen LogP contribution >= 0.6 is 0 Å². The lowest BCUT2D eigenvalue weighted by molar-refractivity contribution is 0.0950. The maximum Gasteiger partial charge on any atom is 0.255 e. The van der Waals surface area contributed by atoms with E-state index in [9.17, 15) is 4.79 Å². The number of para-hydroxylation sites is 1. The summed E-state index contributed by atoms with van der Waals surface area (Å²) in [4.78, 5) is 16.8. The minimum atomic E-state index is -0.114. The number of hydrogen-bond acceptors (Lipinski definition) is 3. The van der Waals surface area contributed by atoms with Crippen molar-refractivity contribution >= 4 is 16.9 Å². The van der Waals surface area contributed by atoms with Gasteiger partial charge in [-0.15, -0.1) is 0 Å². The number of benzene rings is 1. The van der Waals surface area contributed by atoms with Crippen molar-refractivity contribution < 1.29 is 9.53 Å². The van der Waals surface area contributed by atoms with Crippen LogP contribution in [0.15, 0.2) is 48.8 Å². The van der Waals surface area contributed by atoms with E-state index in [1.165, 1.54) is 5.56 Å². The molecule has 0 bridgehead atoms. The fourth-order valence-electron chi connectivity index (χ4n) is 2.83. The molecule has 0 saturated heterocycles. The van der Waals surface area contributed by atoms with Crippen LogP contribution in [0, 0.1) is 0 Å². The maximum atomic E-state index is 12.4. The first-order valence-electron chi connectivity index (χ1n) is 8.09. The molecule has 5 heteroatoms. The van der Waals surface area contributed by atoms with Crippen LogP contribution in [0.25, 0.3) is 11.0 Å². The Morgan fingerprint density at radius 3 is 2.92 bits per heavy atom. The molecule has 0 saturated carbocycles. The van der Waals surface area contributed by atoms with Crippen LogP contribution in [0.5, 0.6) is 5.75 Å². The van der Waals surface area contributed by atoms with Gasteiger partial charge in [-0.05, 0) is 43.2 Å². The van der Waals surface area contributed by atoms with Gasteiger partial charge in [-0.2, -0.15) is 0 Å². The number of nitrogens with zero attached hydrogens (tertiary/aromatic N) is 2. The van der Waals surface area contributed by atoms with Gasteiger partial charge in [-0.1, -0.05) is 12.1 Å². The van der Waals surface area contributed by atoms with Gasteiger partial charge in [-0.3, -0.25) is 4.79 Å². The highest BCUT2D eigenvalue weighted by molar-refractivity contribution is 5.96. The average Bonchev–Trinajstić information content (AvgIpc) is 2.92. The summed E-state index contributed by atoms with van der Waals surface area (Å²) in [5.41, 5.74) is 2.71. The number of rotatable bonds is 6. The predicted octanol–water partition coefficient (Wildman–Crippen LogP) is 2.94. The Hall–Kier alpha value is -2.82. The Morgan fingerprint density at radius 1 is 1.25 bits per heavy atom. The van der Waals surface area contributed by atoms with Crippen molar-refractivity contribution in [2.45, 2.75) is 13.3 Å². The van der Waals surface area contributed by atoms with Crippen molar-refractivity contribution in [3.63, 3.8) is 0 Å². The third-order valence-electron chi connectivity index (χ3n) is 3.93. The van der Waals surface area contributed by atoms with Gasteiger partial charge >= 0.3 is 0 Å². The van der Waals surface area contributed by atoms with Crippen LogP contribution in [-0.4, -0.2) is 28.6 Å². The summed E-state index contributed by atoms with van der Waals surface area (Å²) in [6.45, 7) is 3.00. The number of aryl methyl sites for hydroxylation is 1. The van der Waals surface area contributed by atoms with E-state index in [4.69, 9.17) is 4.74 Å². The number of amides is 1. The molecule has 0 atom stereocenters. The minimum Gasteiger partial charge on any atom is -0.493 e. The van der Waals surface area contributed by atoms with E-state index in [0.29, 0.717) is 24.5 Å². The molecule has 1 aromatic carbocycles. The van der Waals surface area contributed by atoms with Crippen molar-refractivity contribution in [1.82, 2.24) is 14.9 Å². The quantitative estimate of drug-likeness (QED) is 0.759. The summed E-state index contributed by atoms with van der Waals surface area (Å²) in [5.74, 6) is 0.504. The largest absolute Gasteiger partial charge is 0.493 e. The number of ether oxygens (including phenoxy) is 1. The van der Waals surface area contributed by atoms with Crippen molar-refractivity contribution in [1.29, 1.82) is 0 Å². The van der Waals surface area contributed by atoms with Gasteiger partial charge in [0.1, 0.15) is 11.4 Å². The fourth-order valence-corrected chi connectivity index (χ4v) is 2.83. The number of carbonyl (C=O) groups excluding carboxylic acids is 1. The van der Waals surface area contributed by atoms with Crippen molar-refractivity contribution in [2.24, 2.45) is 7.05 Å². The molecule has 0 aliphatic carbocycles. The first-order valence-corrected chi connectivity index (χ1v) is 8.09. The fraction of sp³-hybridized carbons (Fsp3) is 0.263. The summed E-state index contributed by atoms with van der Waals surface area (Å²) in [6.07, 6.45) is 4.61. The number of hydrogen-bond donors (Lipinski definition) is 1. The molecule has 3 rings (SSSR count). The molecular weight excluding hydrogens is 302 g/mol. The van der Waals surface area contributed by atoms with E-state index in [0.717, 1.165) is 17.5 Å². The van der Waals surface area contributed by atoms with Crippen LogP contribution in [0.2, 0.25) is 0 Å². The van der Waals surface area contributed by atoms with Gasteiger partial charge < -0.3 is 14.6 Å². The van der Waals surface area contributed by atoms with E-state index in [-0.39, 0.29) is 5.91 Å². The van der Waals surface area contributed by atoms with Gasteiger partial charge in [0.25, 0.3) is 5.91 Å². The van der Waals surface area contributed by atoms with E-state index in [2.05, 4.69) is 22.6 Å². The van der Waals surface area contributed by atoms with Crippen LogP contribution < -0.4 is 10.1 Å². The normalized spacial score (nSPS) is 10.8. The Bertz CT molecular complexity index is 855. The molecule has 0 aliphatic heterocycles. The lowest BCUT2D eigenvalue weighted by atomic mass is 10.1. The van der Waals surface area contributed by atoms with Gasteiger partial charge in [0.05, 0.1) is 12.2 Å². The van der Waals surface area contributed by atoms with E-state index >= 15 is 0 Å². The summed E-state index contributed by atoms with van der Waals surface area (Å²) < 4.78 is 7.52. The first-order chi connectivity index (χ1) is 11.7. The molecule has 0 fully saturated rings. The molecular formula is C19H21N3O2. The zero-order valence-corrected chi connectivity index (χ0v) is 14.0. The highest BCUT2D eigenvalue weighted by Crippen LogP contribution is 2.19. The highest BCUT2D eigenvalue weighted by atomic mass is 16.5. The molecule has 1 amide bonds. The van der Waals surface area contributed by atoms with Crippen molar-refractivity contribution in [2.75, 3.05) is 13.2 Å². The van der Waals surface area contributed by atoms with Crippen molar-refractivity contribution in [3.05, 3.63) is 59.9 Å².